The van der Waals surface area contributed by atoms with Crippen molar-refractivity contribution in [3.63, 3.8) is 0 Å². The number of aldehydes is 1. The van der Waals surface area contributed by atoms with E-state index in [1.807, 2.05) is 18.2 Å². The van der Waals surface area contributed by atoms with E-state index >= 15 is 0 Å². The topological polar surface area (TPSA) is 55.8 Å². The maximum atomic E-state index is 11.5. The predicted octanol–water partition coefficient (Wildman–Crippen LogP) is 2.39. The van der Waals surface area contributed by atoms with Gasteiger partial charge in [-0.1, -0.05) is 6.07 Å². The normalized spacial score (nSPS) is 12.2. The highest BCUT2D eigenvalue weighted by molar-refractivity contribution is 5.96. The second kappa shape index (κ2) is 8.48. The highest BCUT2D eigenvalue weighted by Crippen LogP contribution is 2.35. The number of ether oxygens (including phenoxy) is 2. The van der Waals surface area contributed by atoms with Crippen molar-refractivity contribution in [3.8, 4) is 5.75 Å². The molecule has 2 rings (SSSR count). The Kier molecular flexibility index (Phi) is 6.35. The third kappa shape index (κ3) is 4.66. The van der Waals surface area contributed by atoms with Gasteiger partial charge in [-0.3, -0.25) is 9.69 Å². The lowest BCUT2D eigenvalue weighted by atomic mass is 9.88. The Morgan fingerprint density at radius 1 is 1.30 bits per heavy atom. The van der Waals surface area contributed by atoms with E-state index in [4.69, 9.17) is 9.47 Å². The van der Waals surface area contributed by atoms with Gasteiger partial charge in [0.05, 0.1) is 20.1 Å². The third-order valence-electron chi connectivity index (χ3n) is 3.83. The summed E-state index contributed by atoms with van der Waals surface area (Å²) in [5.41, 5.74) is 3.58. The van der Waals surface area contributed by atoms with E-state index in [1.54, 1.807) is 14.0 Å². The van der Waals surface area contributed by atoms with Crippen LogP contribution in [0.2, 0.25) is 0 Å². The van der Waals surface area contributed by atoms with Crippen LogP contribution in [0.25, 0.3) is 11.6 Å². The number of carbonyl (C=O) groups excluding carboxylic acids is 2. The van der Waals surface area contributed by atoms with Gasteiger partial charge >= 0.3 is 5.97 Å². The van der Waals surface area contributed by atoms with Gasteiger partial charge < -0.3 is 14.3 Å². The van der Waals surface area contributed by atoms with Crippen molar-refractivity contribution in [2.75, 3.05) is 33.4 Å². The molecule has 0 fully saturated rings. The van der Waals surface area contributed by atoms with Gasteiger partial charge in [0, 0.05) is 26.1 Å². The molecule has 23 heavy (non-hydrogen) atoms. The van der Waals surface area contributed by atoms with Crippen LogP contribution in [0.3, 0.4) is 0 Å². The van der Waals surface area contributed by atoms with Crippen LogP contribution in [0, 0.1) is 0 Å². The largest absolute Gasteiger partial charge is 0.497 e. The van der Waals surface area contributed by atoms with Crippen molar-refractivity contribution >= 4 is 23.9 Å². The molecule has 1 aliphatic carbocycles. The Balaban J connectivity index is 1.95. The van der Waals surface area contributed by atoms with E-state index in [1.165, 1.54) is 16.7 Å². The lowest BCUT2D eigenvalue weighted by molar-refractivity contribution is -0.143. The van der Waals surface area contributed by atoms with E-state index < -0.39 is 0 Å². The third-order valence-corrected chi connectivity index (χ3v) is 3.83. The van der Waals surface area contributed by atoms with Gasteiger partial charge in [-0.15, -0.1) is 0 Å². The molecule has 5 heteroatoms. The van der Waals surface area contributed by atoms with Gasteiger partial charge in [-0.2, -0.15) is 0 Å². The number of carbonyl (C=O) groups is 2. The summed E-state index contributed by atoms with van der Waals surface area (Å²) >= 11 is 0. The zero-order chi connectivity index (χ0) is 16.7. The monoisotopic (exact) mass is 317 g/mol. The number of rotatable bonds is 10. The number of hydrogen-bond acceptors (Lipinski definition) is 5. The SMILES string of the molecule is CCOC(=O)CCN(CCC=O)CC1=Cc2ccc(OC)cc21. The van der Waals surface area contributed by atoms with Crippen LogP contribution >= 0.6 is 0 Å². The summed E-state index contributed by atoms with van der Waals surface area (Å²) in [6, 6.07) is 6.00. The summed E-state index contributed by atoms with van der Waals surface area (Å²) in [5, 5.41) is 0. The summed E-state index contributed by atoms with van der Waals surface area (Å²) in [7, 11) is 1.65. The molecule has 0 bridgehead atoms. The van der Waals surface area contributed by atoms with Crippen LogP contribution < -0.4 is 4.74 Å². The molecule has 1 aromatic carbocycles. The highest BCUT2D eigenvalue weighted by atomic mass is 16.5. The van der Waals surface area contributed by atoms with Crippen molar-refractivity contribution in [1.82, 2.24) is 4.90 Å². The van der Waals surface area contributed by atoms with Gasteiger partial charge in [0.15, 0.2) is 0 Å². The van der Waals surface area contributed by atoms with Crippen LogP contribution in [0.1, 0.15) is 30.9 Å². The van der Waals surface area contributed by atoms with Gasteiger partial charge in [0.25, 0.3) is 0 Å². The molecular weight excluding hydrogens is 294 g/mol. The Morgan fingerprint density at radius 2 is 2.13 bits per heavy atom. The van der Waals surface area contributed by atoms with Crippen LogP contribution in [-0.4, -0.2) is 50.5 Å². The second-order valence-corrected chi connectivity index (χ2v) is 5.41. The summed E-state index contributed by atoms with van der Waals surface area (Å²) in [5.74, 6) is 0.633. The Labute approximate surface area is 136 Å². The first-order valence-corrected chi connectivity index (χ1v) is 7.88. The molecular formula is C18H23NO4. The number of esters is 1. The smallest absolute Gasteiger partial charge is 0.307 e. The van der Waals surface area contributed by atoms with Crippen molar-refractivity contribution in [1.29, 1.82) is 0 Å². The van der Waals surface area contributed by atoms with Crippen LogP contribution in [0.15, 0.2) is 18.2 Å². The molecule has 1 aliphatic rings. The molecule has 0 amide bonds. The molecule has 0 aliphatic heterocycles. The van der Waals surface area contributed by atoms with E-state index in [0.29, 0.717) is 39.1 Å². The number of fused-ring (bicyclic) bond motifs is 1. The maximum Gasteiger partial charge on any atom is 0.307 e. The fraction of sp³-hybridized carbons (Fsp3) is 0.444. The van der Waals surface area contributed by atoms with Gasteiger partial charge in [0.2, 0.25) is 0 Å². The Morgan fingerprint density at radius 3 is 2.83 bits per heavy atom. The molecule has 0 aromatic heterocycles. The average molecular weight is 317 g/mol. The minimum atomic E-state index is -0.201. The molecule has 0 saturated heterocycles. The molecule has 1 aromatic rings. The molecule has 0 saturated carbocycles. The first-order chi connectivity index (χ1) is 11.2. The highest BCUT2D eigenvalue weighted by Gasteiger charge is 2.20. The van der Waals surface area contributed by atoms with Crippen molar-refractivity contribution < 1.29 is 19.1 Å². The van der Waals surface area contributed by atoms with E-state index in [2.05, 4.69) is 11.0 Å². The molecule has 124 valence electrons. The summed E-state index contributed by atoms with van der Waals surface area (Å²) in [4.78, 5) is 24.3. The van der Waals surface area contributed by atoms with E-state index in [9.17, 15) is 9.59 Å². The van der Waals surface area contributed by atoms with Crippen LogP contribution in [-0.2, 0) is 14.3 Å². The van der Waals surface area contributed by atoms with Gasteiger partial charge in [-0.05, 0) is 41.8 Å². The fourth-order valence-corrected chi connectivity index (χ4v) is 2.61. The van der Waals surface area contributed by atoms with Crippen molar-refractivity contribution in [3.05, 3.63) is 29.3 Å². The molecule has 5 nitrogen and oxygen atoms in total. The summed E-state index contributed by atoms with van der Waals surface area (Å²) < 4.78 is 10.2. The maximum absolute atomic E-state index is 11.5. The number of benzene rings is 1. The van der Waals surface area contributed by atoms with Crippen LogP contribution in [0.5, 0.6) is 5.75 Å². The van der Waals surface area contributed by atoms with Crippen molar-refractivity contribution in [2.45, 2.75) is 19.8 Å². The lowest BCUT2D eigenvalue weighted by Gasteiger charge is -2.27. The minimum Gasteiger partial charge on any atom is -0.497 e. The molecule has 0 unspecified atom stereocenters. The zero-order valence-corrected chi connectivity index (χ0v) is 13.7. The average Bonchev–Trinajstić information content (AvgIpc) is 2.54. The van der Waals surface area contributed by atoms with E-state index in [-0.39, 0.29) is 5.97 Å². The van der Waals surface area contributed by atoms with Crippen molar-refractivity contribution in [2.24, 2.45) is 0 Å². The first kappa shape index (κ1) is 17.2. The number of hydrogen-bond donors (Lipinski definition) is 0. The predicted molar refractivity (Wildman–Crippen MR) is 89.2 cm³/mol. The standard InChI is InChI=1S/C18H23NO4/c1-3-23-18(21)7-9-19(8-4-10-20)13-15-11-14-5-6-16(22-2)12-17(14)15/h5-6,10-12H,3-4,7-9,13H2,1-2H3. The number of nitrogens with zero attached hydrogens (tertiary/aromatic N) is 1. The Bertz CT molecular complexity index is 595. The van der Waals surface area contributed by atoms with Crippen LogP contribution in [0.4, 0.5) is 0 Å². The summed E-state index contributed by atoms with van der Waals surface area (Å²) in [6.45, 7) is 4.13. The molecule has 0 atom stereocenters. The summed E-state index contributed by atoms with van der Waals surface area (Å²) in [6.07, 6.45) is 3.84. The first-order valence-electron chi connectivity index (χ1n) is 7.88. The second-order valence-electron chi connectivity index (χ2n) is 5.41. The number of methoxy groups -OCH3 is 1. The Hall–Kier alpha value is -2.14. The minimum absolute atomic E-state index is 0.201. The quantitative estimate of drug-likeness (QED) is 0.490. The zero-order valence-electron chi connectivity index (χ0n) is 13.7. The molecule has 0 radical (unpaired) electrons. The molecule has 0 spiro atoms. The molecule has 0 heterocycles. The molecule has 0 N–H and O–H groups in total. The fourth-order valence-electron chi connectivity index (χ4n) is 2.61. The van der Waals surface area contributed by atoms with Gasteiger partial charge in [0.1, 0.15) is 12.0 Å². The lowest BCUT2D eigenvalue weighted by Crippen LogP contribution is -2.31. The van der Waals surface area contributed by atoms with Gasteiger partial charge in [-0.25, -0.2) is 0 Å². The van der Waals surface area contributed by atoms with E-state index in [0.717, 1.165) is 12.0 Å².